The van der Waals surface area contributed by atoms with Gasteiger partial charge in [-0.2, -0.15) is 0 Å². The van der Waals surface area contributed by atoms with E-state index in [-0.39, 0.29) is 23.7 Å². The highest BCUT2D eigenvalue weighted by Gasteiger charge is 2.48. The van der Waals surface area contributed by atoms with E-state index in [1.807, 2.05) is 13.8 Å². The Morgan fingerprint density at radius 2 is 1.95 bits per heavy atom. The molecular formula is C15H26N2O3. The fourth-order valence-corrected chi connectivity index (χ4v) is 2.95. The van der Waals surface area contributed by atoms with Crippen molar-refractivity contribution in [2.45, 2.75) is 39.7 Å². The molecular weight excluding hydrogens is 256 g/mol. The minimum atomic E-state index is -0.740. The molecule has 0 radical (unpaired) electrons. The van der Waals surface area contributed by atoms with Crippen LogP contribution in [0.4, 0.5) is 0 Å². The zero-order valence-electron chi connectivity index (χ0n) is 12.9. The van der Waals surface area contributed by atoms with Crippen molar-refractivity contribution >= 4 is 11.8 Å². The number of carbonyl (C=O) groups is 2. The maximum atomic E-state index is 12.4. The molecule has 0 spiro atoms. The fourth-order valence-electron chi connectivity index (χ4n) is 2.95. The predicted octanol–water partition coefficient (Wildman–Crippen LogP) is 0.720. The number of likely N-dealkylation sites (tertiary alicyclic amines) is 2. The summed E-state index contributed by atoms with van der Waals surface area (Å²) in [6.45, 7) is 10.1. The Morgan fingerprint density at radius 1 is 1.35 bits per heavy atom. The Hall–Kier alpha value is -1.10. The third-order valence-corrected chi connectivity index (χ3v) is 4.46. The molecule has 0 aliphatic carbocycles. The number of β-amino-alcohol motifs (C(OH)–C–C–N with tert-alkyl or cyclic N) is 1. The smallest absolute Gasteiger partial charge is 0.228 e. The largest absolute Gasteiger partial charge is 0.386 e. The third kappa shape index (κ3) is 2.82. The van der Waals surface area contributed by atoms with Crippen LogP contribution >= 0.6 is 0 Å². The highest BCUT2D eigenvalue weighted by molar-refractivity contribution is 5.89. The normalized spacial score (nSPS) is 25.6. The van der Waals surface area contributed by atoms with Crippen molar-refractivity contribution in [3.05, 3.63) is 0 Å². The summed E-state index contributed by atoms with van der Waals surface area (Å²) in [4.78, 5) is 27.7. The maximum Gasteiger partial charge on any atom is 0.228 e. The van der Waals surface area contributed by atoms with Gasteiger partial charge >= 0.3 is 0 Å². The van der Waals surface area contributed by atoms with E-state index in [0.717, 1.165) is 6.54 Å². The van der Waals surface area contributed by atoms with E-state index in [0.29, 0.717) is 32.0 Å². The van der Waals surface area contributed by atoms with Gasteiger partial charge in [-0.1, -0.05) is 27.7 Å². The maximum absolute atomic E-state index is 12.4. The molecule has 1 atom stereocenters. The second-order valence-electron chi connectivity index (χ2n) is 7.05. The monoisotopic (exact) mass is 282 g/mol. The minimum Gasteiger partial charge on any atom is -0.386 e. The second-order valence-corrected chi connectivity index (χ2v) is 7.05. The van der Waals surface area contributed by atoms with Crippen LogP contribution in [0, 0.1) is 17.8 Å². The summed E-state index contributed by atoms with van der Waals surface area (Å²) in [6, 6.07) is 0. The van der Waals surface area contributed by atoms with E-state index in [1.54, 1.807) is 9.80 Å². The molecule has 2 rings (SSSR count). The molecule has 0 saturated carbocycles. The highest BCUT2D eigenvalue weighted by atomic mass is 16.3. The Morgan fingerprint density at radius 3 is 2.45 bits per heavy atom. The van der Waals surface area contributed by atoms with Crippen LogP contribution in [0.5, 0.6) is 0 Å². The Kier molecular flexibility index (Phi) is 4.09. The average molecular weight is 282 g/mol. The van der Waals surface area contributed by atoms with Crippen LogP contribution in [0.3, 0.4) is 0 Å². The molecule has 5 nitrogen and oxygen atoms in total. The van der Waals surface area contributed by atoms with Crippen molar-refractivity contribution in [1.29, 1.82) is 0 Å². The summed E-state index contributed by atoms with van der Waals surface area (Å²) in [5, 5.41) is 10.2. The van der Waals surface area contributed by atoms with Gasteiger partial charge in [-0.05, 0) is 11.8 Å². The zero-order valence-corrected chi connectivity index (χ0v) is 12.9. The standard InChI is InChI=1S/C15H26N2O3/c1-10(2)6-16-7-12(5-13(16)18)14(19)17-8-15(20,9-17)11(3)4/h10-12,20H,5-9H2,1-4H3. The lowest BCUT2D eigenvalue weighted by Crippen LogP contribution is -2.66. The van der Waals surface area contributed by atoms with Gasteiger partial charge in [-0.3, -0.25) is 9.59 Å². The number of rotatable bonds is 4. The van der Waals surface area contributed by atoms with Crippen LogP contribution in [-0.2, 0) is 9.59 Å². The molecule has 2 fully saturated rings. The molecule has 2 aliphatic heterocycles. The Balaban J connectivity index is 1.88. The summed E-state index contributed by atoms with van der Waals surface area (Å²) in [5.41, 5.74) is -0.740. The first-order valence-electron chi connectivity index (χ1n) is 7.52. The van der Waals surface area contributed by atoms with Gasteiger partial charge in [0.25, 0.3) is 0 Å². The number of hydrogen-bond donors (Lipinski definition) is 1. The van der Waals surface area contributed by atoms with Crippen molar-refractivity contribution in [3.8, 4) is 0 Å². The van der Waals surface area contributed by atoms with Gasteiger partial charge in [0.05, 0.1) is 19.0 Å². The average Bonchev–Trinajstić information content (AvgIpc) is 2.65. The van der Waals surface area contributed by atoms with E-state index >= 15 is 0 Å². The fraction of sp³-hybridized carbons (Fsp3) is 0.867. The second kappa shape index (κ2) is 5.35. The third-order valence-electron chi connectivity index (χ3n) is 4.46. The first-order chi connectivity index (χ1) is 9.23. The van der Waals surface area contributed by atoms with Gasteiger partial charge in [0.2, 0.25) is 11.8 Å². The number of nitrogens with zero attached hydrogens (tertiary/aromatic N) is 2. The zero-order chi connectivity index (χ0) is 15.1. The summed E-state index contributed by atoms with van der Waals surface area (Å²) in [7, 11) is 0. The van der Waals surface area contributed by atoms with Crippen molar-refractivity contribution in [2.75, 3.05) is 26.2 Å². The lowest BCUT2D eigenvalue weighted by atomic mass is 9.82. The molecule has 2 aliphatic rings. The van der Waals surface area contributed by atoms with E-state index in [9.17, 15) is 14.7 Å². The predicted molar refractivity (Wildman–Crippen MR) is 75.9 cm³/mol. The SMILES string of the molecule is CC(C)CN1CC(C(=O)N2CC(O)(C(C)C)C2)CC1=O. The number of aliphatic hydroxyl groups is 1. The number of amides is 2. The summed E-state index contributed by atoms with van der Waals surface area (Å²) < 4.78 is 0. The molecule has 5 heteroatoms. The molecule has 2 saturated heterocycles. The molecule has 0 bridgehead atoms. The topological polar surface area (TPSA) is 60.9 Å². The van der Waals surface area contributed by atoms with E-state index in [1.165, 1.54) is 0 Å². The van der Waals surface area contributed by atoms with Gasteiger partial charge in [-0.15, -0.1) is 0 Å². The van der Waals surface area contributed by atoms with Gasteiger partial charge < -0.3 is 14.9 Å². The van der Waals surface area contributed by atoms with Gasteiger partial charge in [0, 0.05) is 19.5 Å². The molecule has 0 aromatic carbocycles. The highest BCUT2D eigenvalue weighted by Crippen LogP contribution is 2.31. The molecule has 1 unspecified atom stereocenters. The van der Waals surface area contributed by atoms with Crippen molar-refractivity contribution in [1.82, 2.24) is 9.80 Å². The van der Waals surface area contributed by atoms with Crippen molar-refractivity contribution < 1.29 is 14.7 Å². The molecule has 0 aromatic rings. The van der Waals surface area contributed by atoms with Crippen LogP contribution in [0.2, 0.25) is 0 Å². The van der Waals surface area contributed by atoms with Crippen LogP contribution < -0.4 is 0 Å². The lowest BCUT2D eigenvalue weighted by molar-refractivity contribution is -0.167. The van der Waals surface area contributed by atoms with Crippen molar-refractivity contribution in [3.63, 3.8) is 0 Å². The van der Waals surface area contributed by atoms with Crippen LogP contribution in [-0.4, -0.2) is 58.5 Å². The van der Waals surface area contributed by atoms with E-state index in [2.05, 4.69) is 13.8 Å². The number of hydrogen-bond acceptors (Lipinski definition) is 3. The molecule has 1 N–H and O–H groups in total. The summed E-state index contributed by atoms with van der Waals surface area (Å²) in [6.07, 6.45) is 0.322. The van der Waals surface area contributed by atoms with Crippen molar-refractivity contribution in [2.24, 2.45) is 17.8 Å². The first kappa shape index (κ1) is 15.3. The van der Waals surface area contributed by atoms with Gasteiger partial charge in [-0.25, -0.2) is 0 Å². The van der Waals surface area contributed by atoms with Crippen LogP contribution in [0.15, 0.2) is 0 Å². The Bertz CT molecular complexity index is 400. The Labute approximate surface area is 120 Å². The number of carbonyl (C=O) groups excluding carboxylic acids is 2. The molecule has 114 valence electrons. The van der Waals surface area contributed by atoms with E-state index in [4.69, 9.17) is 0 Å². The van der Waals surface area contributed by atoms with Crippen LogP contribution in [0.25, 0.3) is 0 Å². The van der Waals surface area contributed by atoms with E-state index < -0.39 is 5.60 Å². The van der Waals surface area contributed by atoms with Gasteiger partial charge in [0.15, 0.2) is 0 Å². The summed E-state index contributed by atoms with van der Waals surface area (Å²) in [5.74, 6) is 0.446. The van der Waals surface area contributed by atoms with Crippen LogP contribution in [0.1, 0.15) is 34.1 Å². The molecule has 2 heterocycles. The van der Waals surface area contributed by atoms with Gasteiger partial charge in [0.1, 0.15) is 5.60 Å². The lowest BCUT2D eigenvalue weighted by Gasteiger charge is -2.49. The minimum absolute atomic E-state index is 0.0231. The quantitative estimate of drug-likeness (QED) is 0.826. The summed E-state index contributed by atoms with van der Waals surface area (Å²) >= 11 is 0. The molecule has 20 heavy (non-hydrogen) atoms. The molecule has 0 aromatic heterocycles. The molecule has 2 amide bonds. The first-order valence-corrected chi connectivity index (χ1v) is 7.52.